The lowest BCUT2D eigenvalue weighted by Gasteiger charge is -2.06. The Morgan fingerprint density at radius 1 is 1.30 bits per heavy atom. The minimum Gasteiger partial charge on any atom is -0.411 e. The number of nitrogens with zero attached hydrogens (tertiary/aromatic N) is 3. The van der Waals surface area contributed by atoms with Gasteiger partial charge in [0, 0.05) is 10.7 Å². The number of aromatic nitrogens is 3. The normalized spacial score (nSPS) is 11.2. The molecule has 3 N–H and O–H groups in total. The highest BCUT2D eigenvalue weighted by molar-refractivity contribution is 6.30. The smallest absolute Gasteiger partial charge is 0.143 e. The SMILES string of the molecule is O/N=C\c1cc2c(Nc3cccc(Cl)c3)ncnc2[nH]1. The molecule has 0 radical (unpaired) electrons. The molecule has 0 saturated heterocycles. The number of aromatic amines is 1. The van der Waals surface area contributed by atoms with Crippen LogP contribution in [0.4, 0.5) is 11.5 Å². The molecule has 0 bridgehead atoms. The van der Waals surface area contributed by atoms with Crippen molar-refractivity contribution in [3.63, 3.8) is 0 Å². The first-order valence-corrected chi connectivity index (χ1v) is 6.18. The van der Waals surface area contributed by atoms with Crippen molar-refractivity contribution in [2.75, 3.05) is 5.32 Å². The number of nitrogens with one attached hydrogen (secondary N) is 2. The average Bonchev–Trinajstić information content (AvgIpc) is 2.83. The lowest BCUT2D eigenvalue weighted by Crippen LogP contribution is -1.94. The number of anilines is 2. The number of hydrogen-bond acceptors (Lipinski definition) is 5. The van der Waals surface area contributed by atoms with Gasteiger partial charge in [0.25, 0.3) is 0 Å². The number of benzene rings is 1. The fourth-order valence-electron chi connectivity index (χ4n) is 1.89. The van der Waals surface area contributed by atoms with Gasteiger partial charge in [-0.05, 0) is 24.3 Å². The summed E-state index contributed by atoms with van der Waals surface area (Å²) < 4.78 is 0. The predicted octanol–water partition coefficient (Wildman–Crippen LogP) is 3.16. The van der Waals surface area contributed by atoms with Crippen molar-refractivity contribution in [1.82, 2.24) is 15.0 Å². The molecule has 2 aromatic heterocycles. The summed E-state index contributed by atoms with van der Waals surface area (Å²) in [5.41, 5.74) is 2.12. The number of rotatable bonds is 3. The van der Waals surface area contributed by atoms with Gasteiger partial charge in [0.05, 0.1) is 17.3 Å². The van der Waals surface area contributed by atoms with Crippen molar-refractivity contribution in [3.05, 3.63) is 47.4 Å². The van der Waals surface area contributed by atoms with Crippen LogP contribution in [-0.2, 0) is 0 Å². The van der Waals surface area contributed by atoms with Crippen LogP contribution >= 0.6 is 11.6 Å². The molecule has 0 spiro atoms. The van der Waals surface area contributed by atoms with Gasteiger partial charge in [0.15, 0.2) is 0 Å². The third-order valence-corrected chi connectivity index (χ3v) is 2.97. The van der Waals surface area contributed by atoms with Crippen molar-refractivity contribution in [3.8, 4) is 0 Å². The van der Waals surface area contributed by atoms with Crippen LogP contribution in [0.1, 0.15) is 5.69 Å². The zero-order valence-corrected chi connectivity index (χ0v) is 11.0. The Kier molecular flexibility index (Phi) is 3.22. The van der Waals surface area contributed by atoms with Gasteiger partial charge in [0.1, 0.15) is 17.8 Å². The molecule has 6 nitrogen and oxygen atoms in total. The minimum absolute atomic E-state index is 0.636. The molecule has 0 atom stereocenters. The van der Waals surface area contributed by atoms with Gasteiger partial charge in [-0.3, -0.25) is 0 Å². The molecule has 0 fully saturated rings. The van der Waals surface area contributed by atoms with E-state index in [1.165, 1.54) is 12.5 Å². The second kappa shape index (κ2) is 5.18. The minimum atomic E-state index is 0.636. The Morgan fingerprint density at radius 2 is 2.20 bits per heavy atom. The van der Waals surface area contributed by atoms with Gasteiger partial charge < -0.3 is 15.5 Å². The molecular weight excluding hydrogens is 278 g/mol. The average molecular weight is 288 g/mol. The van der Waals surface area contributed by atoms with E-state index < -0.39 is 0 Å². The lowest BCUT2D eigenvalue weighted by molar-refractivity contribution is 0.321. The van der Waals surface area contributed by atoms with Gasteiger partial charge in [-0.25, -0.2) is 9.97 Å². The summed E-state index contributed by atoms with van der Waals surface area (Å²) in [7, 11) is 0. The van der Waals surface area contributed by atoms with E-state index in [0.29, 0.717) is 22.2 Å². The lowest BCUT2D eigenvalue weighted by atomic mass is 10.3. The first-order chi connectivity index (χ1) is 9.76. The van der Waals surface area contributed by atoms with E-state index in [4.69, 9.17) is 16.8 Å². The van der Waals surface area contributed by atoms with E-state index in [-0.39, 0.29) is 0 Å². The van der Waals surface area contributed by atoms with Crippen molar-refractivity contribution in [2.45, 2.75) is 0 Å². The van der Waals surface area contributed by atoms with Crippen molar-refractivity contribution >= 4 is 40.4 Å². The maximum absolute atomic E-state index is 8.56. The Bertz CT molecular complexity index is 783. The highest BCUT2D eigenvalue weighted by Crippen LogP contribution is 2.24. The summed E-state index contributed by atoms with van der Waals surface area (Å²) >= 11 is 5.95. The second-order valence-electron chi connectivity index (χ2n) is 4.09. The highest BCUT2D eigenvalue weighted by atomic mass is 35.5. The van der Waals surface area contributed by atoms with Gasteiger partial charge in [-0.15, -0.1) is 0 Å². The van der Waals surface area contributed by atoms with E-state index in [9.17, 15) is 0 Å². The molecular formula is C13H10ClN5O. The molecule has 20 heavy (non-hydrogen) atoms. The van der Waals surface area contributed by atoms with E-state index >= 15 is 0 Å². The van der Waals surface area contributed by atoms with Crippen LogP contribution in [0.2, 0.25) is 5.02 Å². The molecule has 100 valence electrons. The third kappa shape index (κ3) is 2.41. The molecule has 0 unspecified atom stereocenters. The maximum Gasteiger partial charge on any atom is 0.143 e. The van der Waals surface area contributed by atoms with Crippen LogP contribution in [-0.4, -0.2) is 26.4 Å². The molecule has 0 aliphatic heterocycles. The molecule has 0 aliphatic carbocycles. The summed E-state index contributed by atoms with van der Waals surface area (Å²) in [6.45, 7) is 0. The third-order valence-electron chi connectivity index (χ3n) is 2.73. The molecule has 0 aliphatic rings. The summed E-state index contributed by atoms with van der Waals surface area (Å²) in [6.07, 6.45) is 2.75. The summed E-state index contributed by atoms with van der Waals surface area (Å²) in [5, 5.41) is 16.2. The van der Waals surface area contributed by atoms with E-state index in [1.54, 1.807) is 18.2 Å². The first kappa shape index (κ1) is 12.4. The van der Waals surface area contributed by atoms with E-state index in [1.807, 2.05) is 12.1 Å². The predicted molar refractivity (Wildman–Crippen MR) is 78.0 cm³/mol. The molecule has 2 heterocycles. The topological polar surface area (TPSA) is 86.2 Å². The van der Waals surface area contributed by atoms with Gasteiger partial charge >= 0.3 is 0 Å². The zero-order chi connectivity index (χ0) is 13.9. The van der Waals surface area contributed by atoms with Crippen LogP contribution < -0.4 is 5.32 Å². The van der Waals surface area contributed by atoms with Crippen LogP contribution in [0.3, 0.4) is 0 Å². The van der Waals surface area contributed by atoms with Crippen LogP contribution in [0.15, 0.2) is 41.8 Å². The summed E-state index contributed by atoms with van der Waals surface area (Å²) in [4.78, 5) is 11.3. The standard InChI is InChI=1S/C13H10ClN5O/c14-8-2-1-3-9(4-8)18-12-11-5-10(6-17-20)19-13(11)16-7-15-12/h1-7,20H,(H2,15,16,18,19)/b17-6-. The Morgan fingerprint density at radius 3 is 3.00 bits per heavy atom. The van der Waals surface area contributed by atoms with Crippen LogP contribution in [0, 0.1) is 0 Å². The molecule has 3 aromatic rings. The van der Waals surface area contributed by atoms with Gasteiger partial charge in [-0.1, -0.05) is 22.8 Å². The van der Waals surface area contributed by atoms with Gasteiger partial charge in [-0.2, -0.15) is 0 Å². The molecule has 1 aromatic carbocycles. The van der Waals surface area contributed by atoms with E-state index in [0.717, 1.165) is 11.1 Å². The second-order valence-corrected chi connectivity index (χ2v) is 4.53. The number of H-pyrrole nitrogens is 1. The van der Waals surface area contributed by atoms with Crippen molar-refractivity contribution < 1.29 is 5.21 Å². The quantitative estimate of drug-likeness (QED) is 0.392. The van der Waals surface area contributed by atoms with Crippen LogP contribution in [0.25, 0.3) is 11.0 Å². The largest absolute Gasteiger partial charge is 0.411 e. The number of fused-ring (bicyclic) bond motifs is 1. The number of halogens is 1. The number of oxime groups is 1. The Balaban J connectivity index is 2.02. The summed E-state index contributed by atoms with van der Waals surface area (Å²) in [5.74, 6) is 0.645. The Labute approximate surface area is 119 Å². The molecule has 7 heteroatoms. The van der Waals surface area contributed by atoms with Crippen molar-refractivity contribution in [2.24, 2.45) is 5.16 Å². The zero-order valence-electron chi connectivity index (χ0n) is 10.2. The van der Waals surface area contributed by atoms with Crippen molar-refractivity contribution in [1.29, 1.82) is 0 Å². The maximum atomic E-state index is 8.56. The van der Waals surface area contributed by atoms with Gasteiger partial charge in [0.2, 0.25) is 0 Å². The summed E-state index contributed by atoms with van der Waals surface area (Å²) in [6, 6.07) is 9.14. The first-order valence-electron chi connectivity index (χ1n) is 5.80. The highest BCUT2D eigenvalue weighted by Gasteiger charge is 2.07. The monoisotopic (exact) mass is 287 g/mol. The fraction of sp³-hybridized carbons (Fsp3) is 0. The number of hydrogen-bond donors (Lipinski definition) is 3. The molecule has 0 amide bonds. The Hall–Kier alpha value is -2.60. The van der Waals surface area contributed by atoms with E-state index in [2.05, 4.69) is 25.4 Å². The molecule has 0 saturated carbocycles. The molecule has 3 rings (SSSR count). The fourth-order valence-corrected chi connectivity index (χ4v) is 2.08. The van der Waals surface area contributed by atoms with Crippen LogP contribution in [0.5, 0.6) is 0 Å².